The van der Waals surface area contributed by atoms with Gasteiger partial charge in [0.15, 0.2) is 0 Å². The van der Waals surface area contributed by atoms with E-state index in [9.17, 15) is 18.0 Å². The van der Waals surface area contributed by atoms with Crippen LogP contribution in [0.25, 0.3) is 0 Å². The lowest BCUT2D eigenvalue weighted by Crippen LogP contribution is -2.28. The minimum Gasteiger partial charge on any atom is -0.387 e. The summed E-state index contributed by atoms with van der Waals surface area (Å²) in [6, 6.07) is 4.83. The van der Waals surface area contributed by atoms with Crippen LogP contribution in [0.15, 0.2) is 18.2 Å². The van der Waals surface area contributed by atoms with E-state index >= 15 is 0 Å². The molecule has 1 amide bonds. The van der Waals surface area contributed by atoms with Crippen LogP contribution in [0.3, 0.4) is 0 Å². The molecule has 1 aromatic carbocycles. The monoisotopic (exact) mass is 285 g/mol. The van der Waals surface area contributed by atoms with Gasteiger partial charge in [-0.15, -0.1) is 0 Å². The minimum atomic E-state index is -4.51. The Labute approximate surface area is 114 Å². The zero-order valence-corrected chi connectivity index (χ0v) is 11.1. The minimum absolute atomic E-state index is 0.0669. The van der Waals surface area contributed by atoms with Gasteiger partial charge in [0.05, 0.1) is 23.6 Å². The quantitative estimate of drug-likeness (QED) is 0.925. The first-order valence-corrected chi connectivity index (χ1v) is 5.82. The van der Waals surface area contributed by atoms with Gasteiger partial charge in [-0.05, 0) is 18.2 Å². The third-order valence-corrected chi connectivity index (χ3v) is 2.75. The molecule has 0 radical (unpaired) electrons. The van der Waals surface area contributed by atoms with E-state index in [1.54, 1.807) is 0 Å². The second-order valence-electron chi connectivity index (χ2n) is 4.14. The van der Waals surface area contributed by atoms with Crippen molar-refractivity contribution in [2.75, 3.05) is 26.0 Å². The SMILES string of the molecule is CNc1ccc(C(F)(F)F)cc1C(=O)N(C)CCC#N. The highest BCUT2D eigenvalue weighted by Gasteiger charge is 2.32. The number of nitrogens with zero attached hydrogens (tertiary/aromatic N) is 2. The summed E-state index contributed by atoms with van der Waals surface area (Å²) in [5.74, 6) is -0.560. The van der Waals surface area contributed by atoms with E-state index in [-0.39, 0.29) is 18.5 Å². The maximum Gasteiger partial charge on any atom is 0.416 e. The number of halogens is 3. The number of hydrogen-bond acceptors (Lipinski definition) is 3. The highest BCUT2D eigenvalue weighted by atomic mass is 19.4. The van der Waals surface area contributed by atoms with Crippen molar-refractivity contribution in [2.24, 2.45) is 0 Å². The molecule has 0 aromatic heterocycles. The van der Waals surface area contributed by atoms with Crippen molar-refractivity contribution < 1.29 is 18.0 Å². The molecule has 0 aliphatic rings. The normalized spacial score (nSPS) is 10.8. The van der Waals surface area contributed by atoms with E-state index < -0.39 is 17.6 Å². The van der Waals surface area contributed by atoms with Gasteiger partial charge in [0.1, 0.15) is 0 Å². The summed E-state index contributed by atoms with van der Waals surface area (Å²) in [5, 5.41) is 11.2. The zero-order chi connectivity index (χ0) is 15.3. The van der Waals surface area contributed by atoms with Crippen molar-refractivity contribution in [2.45, 2.75) is 12.6 Å². The van der Waals surface area contributed by atoms with Gasteiger partial charge >= 0.3 is 6.18 Å². The van der Waals surface area contributed by atoms with Gasteiger partial charge < -0.3 is 10.2 Å². The first-order chi connectivity index (χ1) is 9.31. The lowest BCUT2D eigenvalue weighted by molar-refractivity contribution is -0.137. The van der Waals surface area contributed by atoms with Crippen molar-refractivity contribution >= 4 is 11.6 Å². The van der Waals surface area contributed by atoms with Crippen LogP contribution in [0.5, 0.6) is 0 Å². The number of alkyl halides is 3. The molecule has 1 N–H and O–H groups in total. The van der Waals surface area contributed by atoms with Crippen LogP contribution in [-0.4, -0.2) is 31.4 Å². The Morgan fingerprint density at radius 1 is 1.45 bits per heavy atom. The van der Waals surface area contributed by atoms with Crippen LogP contribution in [0, 0.1) is 11.3 Å². The van der Waals surface area contributed by atoms with Crippen LogP contribution < -0.4 is 5.32 Å². The van der Waals surface area contributed by atoms with Gasteiger partial charge in [-0.25, -0.2) is 0 Å². The summed E-state index contributed by atoms with van der Waals surface area (Å²) in [5.41, 5.74) is -0.636. The molecule has 108 valence electrons. The summed E-state index contributed by atoms with van der Waals surface area (Å²) >= 11 is 0. The van der Waals surface area contributed by atoms with Gasteiger partial charge in [0, 0.05) is 26.3 Å². The molecule has 0 fully saturated rings. The Morgan fingerprint density at radius 2 is 2.10 bits per heavy atom. The molecule has 0 aliphatic heterocycles. The van der Waals surface area contributed by atoms with Gasteiger partial charge in [-0.2, -0.15) is 18.4 Å². The van der Waals surface area contributed by atoms with Crippen LogP contribution in [0.1, 0.15) is 22.3 Å². The first-order valence-electron chi connectivity index (χ1n) is 5.82. The molecule has 1 aromatic rings. The Morgan fingerprint density at radius 3 is 2.60 bits per heavy atom. The first kappa shape index (κ1) is 15.8. The number of nitrogens with one attached hydrogen (secondary N) is 1. The lowest BCUT2D eigenvalue weighted by Gasteiger charge is -2.19. The Bertz CT molecular complexity index is 535. The molecule has 0 saturated carbocycles. The van der Waals surface area contributed by atoms with Crippen LogP contribution >= 0.6 is 0 Å². The average molecular weight is 285 g/mol. The van der Waals surface area contributed by atoms with Gasteiger partial charge in [-0.3, -0.25) is 4.79 Å². The summed E-state index contributed by atoms with van der Waals surface area (Å²) in [6.07, 6.45) is -4.39. The van der Waals surface area contributed by atoms with E-state index in [1.807, 2.05) is 6.07 Å². The number of carbonyl (C=O) groups excluding carboxylic acids is 1. The fourth-order valence-electron chi connectivity index (χ4n) is 1.64. The topological polar surface area (TPSA) is 56.1 Å². The number of rotatable bonds is 4. The molecule has 0 atom stereocenters. The van der Waals surface area contributed by atoms with Gasteiger partial charge in [0.25, 0.3) is 5.91 Å². The molecule has 0 bridgehead atoms. The second kappa shape index (κ2) is 6.28. The largest absolute Gasteiger partial charge is 0.416 e. The molecule has 20 heavy (non-hydrogen) atoms. The van der Waals surface area contributed by atoms with Crippen LogP contribution in [0.2, 0.25) is 0 Å². The number of nitriles is 1. The zero-order valence-electron chi connectivity index (χ0n) is 11.1. The predicted octanol–water partition coefficient (Wildman–Crippen LogP) is 2.73. The third kappa shape index (κ3) is 3.63. The Balaban J connectivity index is 3.14. The molecular formula is C13H14F3N3O. The van der Waals surface area contributed by atoms with E-state index in [1.165, 1.54) is 25.1 Å². The molecule has 0 saturated heterocycles. The van der Waals surface area contributed by atoms with Crippen molar-refractivity contribution in [3.05, 3.63) is 29.3 Å². The highest BCUT2D eigenvalue weighted by Crippen LogP contribution is 2.32. The smallest absolute Gasteiger partial charge is 0.387 e. The standard InChI is InChI=1S/C13H14F3N3O/c1-18-11-5-4-9(13(14,15)16)8-10(11)12(20)19(2)7-3-6-17/h4-5,8,18H,3,7H2,1-2H3. The molecule has 7 heteroatoms. The maximum absolute atomic E-state index is 12.7. The highest BCUT2D eigenvalue weighted by molar-refractivity contribution is 5.99. The predicted molar refractivity (Wildman–Crippen MR) is 68.2 cm³/mol. The number of anilines is 1. The summed E-state index contributed by atoms with van der Waals surface area (Å²) in [6.45, 7) is 0.161. The third-order valence-electron chi connectivity index (χ3n) is 2.75. The number of carbonyl (C=O) groups is 1. The fourth-order valence-corrected chi connectivity index (χ4v) is 1.64. The molecule has 1 rings (SSSR count). The van der Waals surface area contributed by atoms with Crippen molar-refractivity contribution in [3.8, 4) is 6.07 Å². The van der Waals surface area contributed by atoms with E-state index in [0.717, 1.165) is 12.1 Å². The van der Waals surface area contributed by atoms with Crippen molar-refractivity contribution in [1.29, 1.82) is 5.26 Å². The molecule has 0 heterocycles. The maximum atomic E-state index is 12.7. The van der Waals surface area contributed by atoms with Crippen molar-refractivity contribution in [3.63, 3.8) is 0 Å². The number of hydrogen-bond donors (Lipinski definition) is 1. The molecule has 0 unspecified atom stereocenters. The van der Waals surface area contributed by atoms with Gasteiger partial charge in [-0.1, -0.05) is 0 Å². The van der Waals surface area contributed by atoms with Crippen molar-refractivity contribution in [1.82, 2.24) is 4.90 Å². The van der Waals surface area contributed by atoms with Gasteiger partial charge in [0.2, 0.25) is 0 Å². The van der Waals surface area contributed by atoms with E-state index in [0.29, 0.717) is 5.69 Å². The van der Waals surface area contributed by atoms with Crippen LogP contribution in [-0.2, 0) is 6.18 Å². The molecular weight excluding hydrogens is 271 g/mol. The summed E-state index contributed by atoms with van der Waals surface area (Å²) in [7, 11) is 2.97. The summed E-state index contributed by atoms with van der Waals surface area (Å²) < 4.78 is 38.0. The molecule has 0 spiro atoms. The Hall–Kier alpha value is -2.23. The molecule has 0 aliphatic carbocycles. The number of amides is 1. The average Bonchev–Trinajstić information content (AvgIpc) is 2.42. The lowest BCUT2D eigenvalue weighted by atomic mass is 10.1. The Kier molecular flexibility index (Phi) is 4.97. The second-order valence-corrected chi connectivity index (χ2v) is 4.14. The number of benzene rings is 1. The van der Waals surface area contributed by atoms with Crippen LogP contribution in [0.4, 0.5) is 18.9 Å². The van der Waals surface area contributed by atoms with E-state index in [4.69, 9.17) is 5.26 Å². The summed E-state index contributed by atoms with van der Waals surface area (Å²) in [4.78, 5) is 13.3. The fraction of sp³-hybridized carbons (Fsp3) is 0.385. The van der Waals surface area contributed by atoms with E-state index in [2.05, 4.69) is 5.32 Å². The molecule has 4 nitrogen and oxygen atoms in total.